The van der Waals surface area contributed by atoms with Crippen molar-refractivity contribution in [1.82, 2.24) is 0 Å². The molecule has 120 valence electrons. The number of rotatable bonds is 5. The van der Waals surface area contributed by atoms with Crippen LogP contribution in [0.15, 0.2) is 42.5 Å². The molecule has 0 bridgehead atoms. The number of benzene rings is 2. The second kappa shape index (κ2) is 5.49. The summed E-state index contributed by atoms with van der Waals surface area (Å²) in [7, 11) is -6.32. The molecule has 0 aromatic heterocycles. The van der Waals surface area contributed by atoms with Gasteiger partial charge in [0.1, 0.15) is 0 Å². The van der Waals surface area contributed by atoms with Crippen LogP contribution < -0.4 is 0 Å². The number of ether oxygens (including phenoxy) is 1. The Bertz CT molecular complexity index is 784. The predicted molar refractivity (Wildman–Crippen MR) is 70.2 cm³/mol. The quantitative estimate of drug-likeness (QED) is 0.670. The molecular weight excluding hydrogens is 328 g/mol. The van der Waals surface area contributed by atoms with E-state index in [0.29, 0.717) is 10.8 Å². The summed E-state index contributed by atoms with van der Waals surface area (Å²) in [5.74, 6) is 0. The highest BCUT2D eigenvalue weighted by molar-refractivity contribution is 7.86. The number of fused-ring (bicyclic) bond motifs is 1. The lowest BCUT2D eigenvalue weighted by atomic mass is 10.1. The first-order valence-electron chi connectivity index (χ1n) is 5.89. The van der Waals surface area contributed by atoms with Crippen molar-refractivity contribution in [2.24, 2.45) is 0 Å². The standard InChI is InChI=1S/C13H10F4O4S/c14-12(15,13(16,17)22(18,19)20)21-8-10-6-3-5-9-4-1-2-7-11(9)10/h1-7H,8H2,(H,18,19,20). The maximum Gasteiger partial charge on any atom is 0.459 e. The number of hydrogen-bond donors (Lipinski definition) is 1. The molecule has 0 spiro atoms. The van der Waals surface area contributed by atoms with E-state index in [1.54, 1.807) is 30.3 Å². The molecule has 9 heteroatoms. The van der Waals surface area contributed by atoms with Gasteiger partial charge in [-0.2, -0.15) is 26.0 Å². The Kier molecular flexibility index (Phi) is 4.16. The Balaban J connectivity index is 2.28. The third-order valence-electron chi connectivity index (χ3n) is 2.95. The molecule has 0 unspecified atom stereocenters. The lowest BCUT2D eigenvalue weighted by molar-refractivity contribution is -0.323. The maximum atomic E-state index is 13.3. The zero-order valence-corrected chi connectivity index (χ0v) is 11.7. The Morgan fingerprint density at radius 3 is 2.23 bits per heavy atom. The topological polar surface area (TPSA) is 63.6 Å². The van der Waals surface area contributed by atoms with Crippen LogP contribution in [0.25, 0.3) is 10.8 Å². The van der Waals surface area contributed by atoms with Gasteiger partial charge in [0.2, 0.25) is 0 Å². The van der Waals surface area contributed by atoms with E-state index >= 15 is 0 Å². The maximum absolute atomic E-state index is 13.3. The minimum atomic E-state index is -6.32. The summed E-state index contributed by atoms with van der Waals surface area (Å²) in [6, 6.07) is 11.2. The van der Waals surface area contributed by atoms with Crippen molar-refractivity contribution < 1.29 is 35.3 Å². The summed E-state index contributed by atoms with van der Waals surface area (Å²) < 4.78 is 85.3. The van der Waals surface area contributed by atoms with E-state index < -0.39 is 28.1 Å². The Hall–Kier alpha value is -1.71. The average molecular weight is 338 g/mol. The monoisotopic (exact) mass is 338 g/mol. The lowest BCUT2D eigenvalue weighted by Gasteiger charge is -2.23. The number of alkyl halides is 4. The molecular formula is C13H10F4O4S. The van der Waals surface area contributed by atoms with Gasteiger partial charge in [0.25, 0.3) is 0 Å². The molecule has 0 amide bonds. The van der Waals surface area contributed by atoms with Crippen LogP contribution in [-0.4, -0.2) is 24.3 Å². The van der Waals surface area contributed by atoms with Gasteiger partial charge in [-0.15, -0.1) is 0 Å². The number of halogens is 4. The van der Waals surface area contributed by atoms with Crippen molar-refractivity contribution in [1.29, 1.82) is 0 Å². The zero-order valence-electron chi connectivity index (χ0n) is 10.8. The molecule has 4 nitrogen and oxygen atoms in total. The van der Waals surface area contributed by atoms with E-state index in [4.69, 9.17) is 4.55 Å². The highest BCUT2D eigenvalue weighted by Crippen LogP contribution is 2.40. The number of hydrogen-bond acceptors (Lipinski definition) is 3. The SMILES string of the molecule is O=S(=O)(O)C(F)(F)C(F)(F)OCc1cccc2ccccc12. The second-order valence-corrected chi connectivity index (χ2v) is 5.90. The minimum Gasteiger partial charge on any atom is -0.310 e. The normalized spacial score (nSPS) is 13.5. The fourth-order valence-corrected chi connectivity index (χ4v) is 2.18. The van der Waals surface area contributed by atoms with Crippen LogP contribution in [0, 0.1) is 0 Å². The molecule has 0 aliphatic carbocycles. The molecule has 0 aliphatic rings. The lowest BCUT2D eigenvalue weighted by Crippen LogP contribution is -2.48. The molecule has 2 rings (SSSR count). The van der Waals surface area contributed by atoms with Crippen molar-refractivity contribution in [3.05, 3.63) is 48.0 Å². The summed E-state index contributed by atoms with van der Waals surface area (Å²) in [6.45, 7) is -0.959. The first-order chi connectivity index (χ1) is 10.1. The zero-order chi connectivity index (χ0) is 16.6. The smallest absolute Gasteiger partial charge is 0.310 e. The van der Waals surface area contributed by atoms with Crippen molar-refractivity contribution in [3.63, 3.8) is 0 Å². The highest BCUT2D eigenvalue weighted by atomic mass is 32.2. The second-order valence-electron chi connectivity index (χ2n) is 4.44. The van der Waals surface area contributed by atoms with Gasteiger partial charge in [0.15, 0.2) is 0 Å². The highest BCUT2D eigenvalue weighted by Gasteiger charge is 2.67. The molecule has 0 saturated carbocycles. The average Bonchev–Trinajstić information content (AvgIpc) is 2.43. The molecule has 0 heterocycles. The summed E-state index contributed by atoms with van der Waals surface area (Å²) in [5.41, 5.74) is 0.170. The van der Waals surface area contributed by atoms with E-state index in [-0.39, 0.29) is 5.56 Å². The first-order valence-corrected chi connectivity index (χ1v) is 7.33. The molecule has 0 radical (unpaired) electrons. The van der Waals surface area contributed by atoms with Crippen LogP contribution in [0.3, 0.4) is 0 Å². The van der Waals surface area contributed by atoms with Crippen molar-refractivity contribution in [2.45, 2.75) is 18.0 Å². The van der Waals surface area contributed by atoms with E-state index in [9.17, 15) is 26.0 Å². The molecule has 0 aliphatic heterocycles. The van der Waals surface area contributed by atoms with Gasteiger partial charge in [0, 0.05) is 0 Å². The van der Waals surface area contributed by atoms with Gasteiger partial charge in [-0.05, 0) is 16.3 Å². The van der Waals surface area contributed by atoms with E-state index in [2.05, 4.69) is 4.74 Å². The summed E-state index contributed by atoms with van der Waals surface area (Å²) >= 11 is 0. The van der Waals surface area contributed by atoms with Crippen molar-refractivity contribution >= 4 is 20.9 Å². The molecule has 22 heavy (non-hydrogen) atoms. The molecule has 1 N–H and O–H groups in total. The Morgan fingerprint density at radius 2 is 1.59 bits per heavy atom. The third kappa shape index (κ3) is 2.92. The van der Waals surface area contributed by atoms with Crippen LogP contribution in [0.4, 0.5) is 17.6 Å². The largest absolute Gasteiger partial charge is 0.459 e. The molecule has 0 atom stereocenters. The fourth-order valence-electron chi connectivity index (χ4n) is 1.82. The van der Waals surface area contributed by atoms with Gasteiger partial charge in [-0.1, -0.05) is 42.5 Å². The third-order valence-corrected chi connectivity index (χ3v) is 3.84. The Labute approximate surface area is 123 Å². The van der Waals surface area contributed by atoms with Crippen LogP contribution in [-0.2, 0) is 21.5 Å². The van der Waals surface area contributed by atoms with Crippen LogP contribution in [0.2, 0.25) is 0 Å². The summed E-state index contributed by atoms with van der Waals surface area (Å²) in [4.78, 5) is 0. The molecule has 2 aromatic rings. The van der Waals surface area contributed by atoms with E-state index in [1.807, 2.05) is 0 Å². The van der Waals surface area contributed by atoms with Gasteiger partial charge in [-0.3, -0.25) is 4.55 Å². The van der Waals surface area contributed by atoms with Crippen LogP contribution >= 0.6 is 0 Å². The van der Waals surface area contributed by atoms with Gasteiger partial charge < -0.3 is 4.74 Å². The Morgan fingerprint density at radius 1 is 1.00 bits per heavy atom. The summed E-state index contributed by atoms with van der Waals surface area (Å²) in [5, 5.41) is -4.57. The van der Waals surface area contributed by atoms with E-state index in [1.165, 1.54) is 12.1 Å². The van der Waals surface area contributed by atoms with Crippen molar-refractivity contribution in [3.8, 4) is 0 Å². The minimum absolute atomic E-state index is 0.170. The van der Waals surface area contributed by atoms with Gasteiger partial charge >= 0.3 is 21.5 Å². The fraction of sp³-hybridized carbons (Fsp3) is 0.231. The first kappa shape index (κ1) is 16.7. The van der Waals surface area contributed by atoms with Crippen molar-refractivity contribution in [2.75, 3.05) is 0 Å². The van der Waals surface area contributed by atoms with E-state index in [0.717, 1.165) is 0 Å². The molecule has 0 fully saturated rings. The van der Waals surface area contributed by atoms with Gasteiger partial charge in [-0.25, -0.2) is 0 Å². The van der Waals surface area contributed by atoms with Gasteiger partial charge in [0.05, 0.1) is 6.61 Å². The van der Waals surface area contributed by atoms with Crippen LogP contribution in [0.1, 0.15) is 5.56 Å². The summed E-state index contributed by atoms with van der Waals surface area (Å²) in [6.07, 6.45) is -5.38. The molecule has 2 aromatic carbocycles. The predicted octanol–water partition coefficient (Wildman–Crippen LogP) is 3.43. The molecule has 0 saturated heterocycles. The van der Waals surface area contributed by atoms with Crippen LogP contribution in [0.5, 0.6) is 0 Å².